The van der Waals surface area contributed by atoms with Crippen LogP contribution in [0.25, 0.3) is 0 Å². The summed E-state index contributed by atoms with van der Waals surface area (Å²) in [5.74, 6) is 0.0682. The Labute approximate surface area is 153 Å². The van der Waals surface area contributed by atoms with E-state index in [1.807, 2.05) is 18.2 Å². The third-order valence-electron chi connectivity index (χ3n) is 5.69. The van der Waals surface area contributed by atoms with Crippen molar-refractivity contribution in [2.75, 3.05) is 6.54 Å². The van der Waals surface area contributed by atoms with Crippen molar-refractivity contribution < 1.29 is 4.79 Å². The predicted molar refractivity (Wildman–Crippen MR) is 99.7 cm³/mol. The van der Waals surface area contributed by atoms with E-state index in [0.29, 0.717) is 18.7 Å². The summed E-state index contributed by atoms with van der Waals surface area (Å²) < 4.78 is 0. The lowest BCUT2D eigenvalue weighted by Crippen LogP contribution is -2.42. The maximum absolute atomic E-state index is 12.5. The molecule has 2 aromatic rings. The number of nitrogens with zero attached hydrogens (tertiary/aromatic N) is 2. The monoisotopic (exact) mass is 357 g/mol. The molecule has 1 heterocycles. The molecule has 0 saturated heterocycles. The van der Waals surface area contributed by atoms with Crippen LogP contribution in [-0.4, -0.2) is 22.5 Å². The standard InChI is InChI=1S/C20H24ClN3O/c1-19(13-18(25)17-6-3-11-23-24-17)7-9-20(14-22,10-8-19)15-4-2-5-16(21)12-15/h2-6,11-12H,7-10,13-14,22H2,1H3. The van der Waals surface area contributed by atoms with E-state index in [4.69, 9.17) is 17.3 Å². The lowest BCUT2D eigenvalue weighted by Gasteiger charge is -2.45. The number of hydrogen-bond acceptors (Lipinski definition) is 4. The molecule has 1 saturated carbocycles. The summed E-state index contributed by atoms with van der Waals surface area (Å²) in [7, 11) is 0. The third kappa shape index (κ3) is 3.91. The first-order valence-corrected chi connectivity index (χ1v) is 9.11. The van der Waals surface area contributed by atoms with Gasteiger partial charge >= 0.3 is 0 Å². The van der Waals surface area contributed by atoms with Crippen molar-refractivity contribution in [3.8, 4) is 0 Å². The van der Waals surface area contributed by atoms with Crippen LogP contribution in [0.1, 0.15) is 55.1 Å². The van der Waals surface area contributed by atoms with Crippen molar-refractivity contribution >= 4 is 17.4 Å². The molecule has 132 valence electrons. The number of carbonyl (C=O) groups is 1. The summed E-state index contributed by atoms with van der Waals surface area (Å²) in [6.07, 6.45) is 5.94. The highest BCUT2D eigenvalue weighted by Gasteiger charge is 2.41. The third-order valence-corrected chi connectivity index (χ3v) is 5.92. The highest BCUT2D eigenvalue weighted by atomic mass is 35.5. The molecular weight excluding hydrogens is 334 g/mol. The van der Waals surface area contributed by atoms with Crippen LogP contribution in [0.15, 0.2) is 42.6 Å². The molecule has 3 rings (SSSR count). The van der Waals surface area contributed by atoms with Crippen molar-refractivity contribution in [1.29, 1.82) is 0 Å². The summed E-state index contributed by atoms with van der Waals surface area (Å²) in [6, 6.07) is 11.5. The van der Waals surface area contributed by atoms with Gasteiger partial charge in [0.05, 0.1) is 0 Å². The maximum atomic E-state index is 12.5. The van der Waals surface area contributed by atoms with Gasteiger partial charge in [-0.2, -0.15) is 5.10 Å². The second kappa shape index (κ2) is 7.22. The molecule has 0 aliphatic heterocycles. The summed E-state index contributed by atoms with van der Waals surface area (Å²) in [4.78, 5) is 12.5. The molecule has 1 aromatic heterocycles. The van der Waals surface area contributed by atoms with Crippen molar-refractivity contribution in [2.24, 2.45) is 11.1 Å². The molecule has 0 unspecified atom stereocenters. The average Bonchev–Trinajstić information content (AvgIpc) is 2.63. The molecule has 5 heteroatoms. The van der Waals surface area contributed by atoms with E-state index < -0.39 is 0 Å². The predicted octanol–water partition coefficient (Wildman–Crippen LogP) is 4.18. The minimum atomic E-state index is -0.0417. The van der Waals surface area contributed by atoms with Gasteiger partial charge in [0.2, 0.25) is 0 Å². The van der Waals surface area contributed by atoms with Gasteiger partial charge in [0.1, 0.15) is 5.69 Å². The first kappa shape index (κ1) is 18.0. The quantitative estimate of drug-likeness (QED) is 0.815. The number of ketones is 1. The smallest absolute Gasteiger partial charge is 0.183 e. The molecule has 0 amide bonds. The number of rotatable bonds is 5. The van der Waals surface area contributed by atoms with Crippen molar-refractivity contribution in [2.45, 2.75) is 44.4 Å². The van der Waals surface area contributed by atoms with Gasteiger partial charge in [-0.05, 0) is 60.9 Å². The van der Waals surface area contributed by atoms with Gasteiger partial charge in [0.15, 0.2) is 5.78 Å². The van der Waals surface area contributed by atoms with E-state index in [9.17, 15) is 4.79 Å². The largest absolute Gasteiger partial charge is 0.330 e. The van der Waals surface area contributed by atoms with Crippen LogP contribution in [-0.2, 0) is 5.41 Å². The first-order chi connectivity index (χ1) is 12.0. The molecule has 0 atom stereocenters. The Hall–Kier alpha value is -1.78. The highest BCUT2D eigenvalue weighted by molar-refractivity contribution is 6.30. The van der Waals surface area contributed by atoms with Gasteiger partial charge in [-0.1, -0.05) is 30.7 Å². The number of nitrogens with two attached hydrogens (primary N) is 1. The Morgan fingerprint density at radius 3 is 2.56 bits per heavy atom. The van der Waals surface area contributed by atoms with Gasteiger partial charge in [0.25, 0.3) is 0 Å². The van der Waals surface area contributed by atoms with Gasteiger partial charge < -0.3 is 5.73 Å². The van der Waals surface area contributed by atoms with Crippen LogP contribution in [0.4, 0.5) is 0 Å². The topological polar surface area (TPSA) is 68.9 Å². The van der Waals surface area contributed by atoms with Gasteiger partial charge in [0, 0.05) is 29.6 Å². The average molecular weight is 358 g/mol. The van der Waals surface area contributed by atoms with E-state index in [-0.39, 0.29) is 16.6 Å². The molecule has 0 spiro atoms. The first-order valence-electron chi connectivity index (χ1n) is 8.73. The number of Topliss-reactive ketones (excluding diaryl/α,β-unsaturated/α-hetero) is 1. The lowest BCUT2D eigenvalue weighted by atomic mass is 9.60. The summed E-state index contributed by atoms with van der Waals surface area (Å²) in [6.45, 7) is 2.79. The van der Waals surface area contributed by atoms with Crippen molar-refractivity contribution in [3.63, 3.8) is 0 Å². The zero-order chi connectivity index (χ0) is 17.9. The fourth-order valence-electron chi connectivity index (χ4n) is 3.87. The summed E-state index contributed by atoms with van der Waals surface area (Å²) in [5.41, 5.74) is 7.78. The molecule has 4 nitrogen and oxygen atoms in total. The minimum Gasteiger partial charge on any atom is -0.330 e. The number of hydrogen-bond donors (Lipinski definition) is 1. The second-order valence-corrected chi connectivity index (χ2v) is 7.95. The number of aromatic nitrogens is 2. The van der Waals surface area contributed by atoms with Gasteiger partial charge in [-0.25, -0.2) is 0 Å². The molecule has 0 radical (unpaired) electrons. The molecule has 1 aliphatic rings. The van der Waals surface area contributed by atoms with Crippen LogP contribution in [0.3, 0.4) is 0 Å². The second-order valence-electron chi connectivity index (χ2n) is 7.51. The van der Waals surface area contributed by atoms with E-state index in [2.05, 4.69) is 23.2 Å². The van der Waals surface area contributed by atoms with Crippen LogP contribution in [0.2, 0.25) is 5.02 Å². The Kier molecular flexibility index (Phi) is 5.21. The number of carbonyl (C=O) groups excluding carboxylic acids is 1. The van der Waals surface area contributed by atoms with E-state index in [0.717, 1.165) is 30.7 Å². The summed E-state index contributed by atoms with van der Waals surface area (Å²) in [5, 5.41) is 8.50. The summed E-state index contributed by atoms with van der Waals surface area (Å²) >= 11 is 6.18. The fraction of sp³-hybridized carbons (Fsp3) is 0.450. The number of halogens is 1. The highest BCUT2D eigenvalue weighted by Crippen LogP contribution is 2.48. The molecule has 1 fully saturated rings. The van der Waals surface area contributed by atoms with Gasteiger partial charge in [-0.3, -0.25) is 4.79 Å². The lowest BCUT2D eigenvalue weighted by molar-refractivity contribution is 0.0823. The van der Waals surface area contributed by atoms with Crippen molar-refractivity contribution in [3.05, 3.63) is 58.9 Å². The molecule has 2 N–H and O–H groups in total. The molecule has 0 bridgehead atoms. The molecule has 1 aliphatic carbocycles. The maximum Gasteiger partial charge on any atom is 0.183 e. The number of benzene rings is 1. The Morgan fingerprint density at radius 2 is 1.96 bits per heavy atom. The van der Waals surface area contributed by atoms with Crippen molar-refractivity contribution in [1.82, 2.24) is 10.2 Å². The Morgan fingerprint density at radius 1 is 1.20 bits per heavy atom. The van der Waals surface area contributed by atoms with E-state index in [1.165, 1.54) is 5.56 Å². The van der Waals surface area contributed by atoms with Crippen LogP contribution < -0.4 is 5.73 Å². The molecular formula is C20H24ClN3O. The molecule has 1 aromatic carbocycles. The normalized spacial score (nSPS) is 26.4. The zero-order valence-electron chi connectivity index (χ0n) is 14.5. The minimum absolute atomic E-state index is 0.0220. The van der Waals surface area contributed by atoms with Crippen LogP contribution in [0, 0.1) is 5.41 Å². The SMILES string of the molecule is CC1(CC(=O)c2cccnn2)CCC(CN)(c2cccc(Cl)c2)CC1. The van der Waals surface area contributed by atoms with E-state index >= 15 is 0 Å². The Balaban J connectivity index is 1.72. The zero-order valence-corrected chi connectivity index (χ0v) is 15.3. The van der Waals surface area contributed by atoms with Crippen LogP contribution >= 0.6 is 11.6 Å². The molecule has 25 heavy (non-hydrogen) atoms. The fourth-order valence-corrected chi connectivity index (χ4v) is 4.06. The van der Waals surface area contributed by atoms with Crippen LogP contribution in [0.5, 0.6) is 0 Å². The Bertz CT molecular complexity index is 740. The van der Waals surface area contributed by atoms with E-state index in [1.54, 1.807) is 18.3 Å². The van der Waals surface area contributed by atoms with Gasteiger partial charge in [-0.15, -0.1) is 5.10 Å².